The molecular formula is C24H20BF3KNO4. The Morgan fingerprint density at radius 2 is 1.56 bits per heavy atom. The molecule has 170 valence electrons. The Morgan fingerprint density at radius 3 is 2.09 bits per heavy atom. The van der Waals surface area contributed by atoms with Gasteiger partial charge in [0.1, 0.15) is 6.61 Å². The van der Waals surface area contributed by atoms with Gasteiger partial charge in [-0.15, -0.1) is 5.46 Å². The number of rotatable bonds is 6. The first-order chi connectivity index (χ1) is 15.6. The zero-order valence-electron chi connectivity index (χ0n) is 18.6. The van der Waals surface area contributed by atoms with Crippen LogP contribution in [-0.2, 0) is 16.0 Å². The summed E-state index contributed by atoms with van der Waals surface area (Å²) in [6, 6.07) is 17.2. The first-order valence-corrected chi connectivity index (χ1v) is 10.3. The second-order valence-corrected chi connectivity index (χ2v) is 7.95. The molecule has 5 nitrogen and oxygen atoms in total. The van der Waals surface area contributed by atoms with E-state index in [2.05, 4.69) is 5.32 Å². The van der Waals surface area contributed by atoms with Gasteiger partial charge in [-0.25, -0.2) is 4.79 Å². The van der Waals surface area contributed by atoms with Gasteiger partial charge in [0, 0.05) is 11.6 Å². The van der Waals surface area contributed by atoms with Gasteiger partial charge in [0.05, 0.1) is 6.42 Å². The molecule has 3 aromatic carbocycles. The zero-order chi connectivity index (χ0) is 23.8. The van der Waals surface area contributed by atoms with Crippen LogP contribution in [0.5, 0.6) is 0 Å². The number of fused-ring (bicyclic) bond motifs is 3. The van der Waals surface area contributed by atoms with E-state index in [0.717, 1.165) is 34.4 Å². The number of halogens is 3. The number of carbonyl (C=O) groups excluding carboxylic acids is 1. The molecule has 1 amide bonds. The molecule has 3 aromatic rings. The third-order valence-electron chi connectivity index (χ3n) is 5.84. The van der Waals surface area contributed by atoms with Crippen molar-refractivity contribution in [2.24, 2.45) is 0 Å². The molecule has 0 saturated heterocycles. The molecular weight excluding hydrogens is 473 g/mol. The van der Waals surface area contributed by atoms with Crippen molar-refractivity contribution in [3.05, 3.63) is 82.9 Å². The second-order valence-electron chi connectivity index (χ2n) is 7.95. The zero-order valence-corrected chi connectivity index (χ0v) is 21.8. The summed E-state index contributed by atoms with van der Waals surface area (Å²) in [4.78, 5) is 23.6. The molecule has 0 radical (unpaired) electrons. The van der Waals surface area contributed by atoms with Crippen LogP contribution in [0.3, 0.4) is 0 Å². The summed E-state index contributed by atoms with van der Waals surface area (Å²) in [5.74, 6) is -1.46. The van der Waals surface area contributed by atoms with Gasteiger partial charge in [0.25, 0.3) is 0 Å². The summed E-state index contributed by atoms with van der Waals surface area (Å²) in [5.41, 5.74) is 3.24. The number of benzene rings is 3. The Bertz CT molecular complexity index is 1200. The molecule has 0 fully saturated rings. The average Bonchev–Trinajstić information content (AvgIpc) is 3.08. The first-order valence-electron chi connectivity index (χ1n) is 10.3. The molecule has 34 heavy (non-hydrogen) atoms. The van der Waals surface area contributed by atoms with Gasteiger partial charge in [-0.05, 0) is 40.3 Å². The van der Waals surface area contributed by atoms with Gasteiger partial charge in [-0.2, -0.15) is 0 Å². The van der Waals surface area contributed by atoms with Crippen LogP contribution in [0.25, 0.3) is 11.1 Å². The number of carbonyl (C=O) groups is 2. The van der Waals surface area contributed by atoms with Crippen LogP contribution in [0.2, 0.25) is 0 Å². The fraction of sp³-hybridized carbons (Fsp3) is 0.167. The minimum Gasteiger partial charge on any atom is -0.481 e. The van der Waals surface area contributed by atoms with Gasteiger partial charge >= 0.3 is 70.4 Å². The van der Waals surface area contributed by atoms with E-state index < -0.39 is 30.9 Å². The van der Waals surface area contributed by atoms with Crippen molar-refractivity contribution in [1.82, 2.24) is 0 Å². The molecule has 4 rings (SSSR count). The normalized spacial score (nSPS) is 12.4. The third-order valence-corrected chi connectivity index (χ3v) is 5.84. The smallest absolute Gasteiger partial charge is 0.481 e. The number of carboxylic acid groups (broad SMARTS) is 1. The van der Waals surface area contributed by atoms with Gasteiger partial charge in [-0.1, -0.05) is 60.7 Å². The summed E-state index contributed by atoms with van der Waals surface area (Å²) in [5, 5.41) is 11.4. The molecule has 1 aliphatic carbocycles. The van der Waals surface area contributed by atoms with E-state index in [9.17, 15) is 22.5 Å². The fourth-order valence-electron chi connectivity index (χ4n) is 4.21. The van der Waals surface area contributed by atoms with Crippen molar-refractivity contribution in [2.45, 2.75) is 19.3 Å². The topological polar surface area (TPSA) is 75.6 Å². The molecule has 0 aliphatic heterocycles. The number of amides is 1. The number of ether oxygens (including phenoxy) is 1. The third kappa shape index (κ3) is 5.58. The Kier molecular flexibility index (Phi) is 8.30. The minimum absolute atomic E-state index is 0. The van der Waals surface area contributed by atoms with E-state index in [1.54, 1.807) is 0 Å². The van der Waals surface area contributed by atoms with Gasteiger partial charge < -0.3 is 22.8 Å². The Labute approximate surface area is 237 Å². The summed E-state index contributed by atoms with van der Waals surface area (Å²) in [6.07, 6.45) is -1.50. The second kappa shape index (κ2) is 10.7. The maximum absolute atomic E-state index is 13.4. The maximum Gasteiger partial charge on any atom is 1.00 e. The van der Waals surface area contributed by atoms with Crippen LogP contribution < -0.4 is 62.2 Å². The maximum atomic E-state index is 13.4. The Balaban J connectivity index is 0.00000324. The Hall–Kier alpha value is -2.11. The predicted octanol–water partition coefficient (Wildman–Crippen LogP) is 2.04. The largest absolute Gasteiger partial charge is 1.00 e. The summed E-state index contributed by atoms with van der Waals surface area (Å²) >= 11 is 0. The minimum atomic E-state index is -5.38. The van der Waals surface area contributed by atoms with Crippen LogP contribution in [0, 0.1) is 6.92 Å². The van der Waals surface area contributed by atoms with Crippen LogP contribution in [0.4, 0.5) is 23.4 Å². The van der Waals surface area contributed by atoms with E-state index in [0.29, 0.717) is 0 Å². The fourth-order valence-corrected chi connectivity index (χ4v) is 4.21. The number of anilines is 1. The summed E-state index contributed by atoms with van der Waals surface area (Å²) in [7, 11) is 0. The molecule has 0 spiro atoms. The molecule has 0 saturated carbocycles. The van der Waals surface area contributed by atoms with E-state index in [1.807, 2.05) is 48.5 Å². The standard InChI is InChI=1S/C24H20BF3NO4.K/c1-14-15(11-23(30)31)10-16(25(26,27)28)12-22(14)29-24(32)33-13-21-19-8-4-2-6-17(19)18-7-3-5-9-20(18)21;/h2-10,12,21H,11,13H2,1H3,(H,29,32)(H,30,31);/q-1;+1. The first kappa shape index (κ1) is 26.5. The molecule has 0 unspecified atom stereocenters. The van der Waals surface area contributed by atoms with Crippen molar-refractivity contribution < 1.29 is 83.8 Å². The quantitative estimate of drug-likeness (QED) is 0.516. The van der Waals surface area contributed by atoms with Crippen LogP contribution in [0.1, 0.15) is 28.2 Å². The van der Waals surface area contributed by atoms with Crippen molar-refractivity contribution >= 4 is 30.2 Å². The number of hydrogen-bond acceptors (Lipinski definition) is 3. The average molecular weight is 493 g/mol. The summed E-state index contributed by atoms with van der Waals surface area (Å²) < 4.78 is 45.5. The number of aliphatic carboxylic acids is 1. The van der Waals surface area contributed by atoms with Crippen molar-refractivity contribution in [1.29, 1.82) is 0 Å². The number of carboxylic acids is 1. The van der Waals surface area contributed by atoms with Crippen LogP contribution in [0.15, 0.2) is 60.7 Å². The van der Waals surface area contributed by atoms with Crippen LogP contribution >= 0.6 is 0 Å². The molecule has 1 aliphatic rings. The van der Waals surface area contributed by atoms with Crippen LogP contribution in [-0.4, -0.2) is 30.8 Å². The van der Waals surface area contributed by atoms with Crippen molar-refractivity contribution in [2.75, 3.05) is 11.9 Å². The number of nitrogens with one attached hydrogen (secondary N) is 1. The molecule has 10 heteroatoms. The van der Waals surface area contributed by atoms with Crippen molar-refractivity contribution in [3.63, 3.8) is 0 Å². The molecule has 2 N–H and O–H groups in total. The van der Waals surface area contributed by atoms with E-state index >= 15 is 0 Å². The van der Waals surface area contributed by atoms with Gasteiger partial charge in [-0.3, -0.25) is 10.1 Å². The predicted molar refractivity (Wildman–Crippen MR) is 120 cm³/mol. The molecule has 0 heterocycles. The van der Waals surface area contributed by atoms with Crippen molar-refractivity contribution in [3.8, 4) is 11.1 Å². The molecule has 0 bridgehead atoms. The van der Waals surface area contributed by atoms with Gasteiger partial charge in [0.15, 0.2) is 0 Å². The van der Waals surface area contributed by atoms with E-state index in [4.69, 9.17) is 9.84 Å². The van der Waals surface area contributed by atoms with E-state index in [-0.39, 0.29) is 80.7 Å². The monoisotopic (exact) mass is 493 g/mol. The molecule has 0 atom stereocenters. The van der Waals surface area contributed by atoms with E-state index in [1.165, 1.54) is 6.92 Å². The van der Waals surface area contributed by atoms with Gasteiger partial charge in [0.2, 0.25) is 0 Å². The number of hydrogen-bond donors (Lipinski definition) is 2. The SMILES string of the molecule is Cc1c(CC(=O)O)cc([B-](F)(F)F)cc1NC(=O)OCC1c2ccccc2-c2ccccc21.[K+]. The summed E-state index contributed by atoms with van der Waals surface area (Å²) in [6.45, 7) is -3.92. The molecule has 0 aromatic heterocycles. The Morgan fingerprint density at radius 1 is 1.00 bits per heavy atom.